The summed E-state index contributed by atoms with van der Waals surface area (Å²) in [5, 5.41) is 3.80. The van der Waals surface area contributed by atoms with Crippen molar-refractivity contribution in [3.63, 3.8) is 0 Å². The first-order valence-corrected chi connectivity index (χ1v) is 9.81. The molecule has 2 atom stereocenters. The molecule has 2 heterocycles. The van der Waals surface area contributed by atoms with Crippen LogP contribution < -0.4 is 5.32 Å². The Bertz CT molecular complexity index is 673. The van der Waals surface area contributed by atoms with Crippen molar-refractivity contribution in [1.82, 2.24) is 15.2 Å². The standard InChI is InChI=1S/C22H27N3O/c26-22(19-8-4-5-9-19)25-15-12-20(16-25)24-21(17-6-2-1-3-7-17)18-10-13-23-14-11-18/h1-3,6-7,10-11,13-14,19-21,24H,4-5,8-9,12,15-16H2. The predicted molar refractivity (Wildman–Crippen MR) is 103 cm³/mol. The van der Waals surface area contributed by atoms with Crippen molar-refractivity contribution in [3.05, 3.63) is 66.0 Å². The summed E-state index contributed by atoms with van der Waals surface area (Å²) in [6, 6.07) is 15.1. The van der Waals surface area contributed by atoms with E-state index in [2.05, 4.69) is 51.6 Å². The van der Waals surface area contributed by atoms with Crippen LogP contribution in [0.3, 0.4) is 0 Å². The van der Waals surface area contributed by atoms with Crippen LogP contribution in [-0.4, -0.2) is 34.9 Å². The van der Waals surface area contributed by atoms with Crippen molar-refractivity contribution in [2.24, 2.45) is 5.92 Å². The number of nitrogens with one attached hydrogen (secondary N) is 1. The average Bonchev–Trinajstić information content (AvgIpc) is 3.39. The summed E-state index contributed by atoms with van der Waals surface area (Å²) >= 11 is 0. The number of aromatic nitrogens is 1. The molecular weight excluding hydrogens is 322 g/mol. The van der Waals surface area contributed by atoms with Crippen molar-refractivity contribution in [3.8, 4) is 0 Å². The molecule has 0 spiro atoms. The molecule has 26 heavy (non-hydrogen) atoms. The summed E-state index contributed by atoms with van der Waals surface area (Å²) in [6.07, 6.45) is 9.30. The third kappa shape index (κ3) is 3.80. The number of hydrogen-bond acceptors (Lipinski definition) is 3. The zero-order valence-corrected chi connectivity index (χ0v) is 15.2. The molecule has 1 aromatic heterocycles. The molecule has 1 N–H and O–H groups in total. The first-order chi connectivity index (χ1) is 12.8. The van der Waals surface area contributed by atoms with Gasteiger partial charge >= 0.3 is 0 Å². The van der Waals surface area contributed by atoms with Crippen LogP contribution in [0, 0.1) is 5.92 Å². The Balaban J connectivity index is 1.46. The molecule has 2 aromatic rings. The van der Waals surface area contributed by atoms with E-state index < -0.39 is 0 Å². The van der Waals surface area contributed by atoms with Crippen molar-refractivity contribution < 1.29 is 4.79 Å². The Kier molecular flexibility index (Phi) is 5.30. The van der Waals surface area contributed by atoms with E-state index in [1.807, 2.05) is 18.5 Å². The molecule has 1 saturated heterocycles. The molecular formula is C22H27N3O. The zero-order valence-electron chi connectivity index (χ0n) is 15.2. The molecule has 1 aliphatic carbocycles. The van der Waals surface area contributed by atoms with E-state index in [1.54, 1.807) is 0 Å². The van der Waals surface area contributed by atoms with Gasteiger partial charge in [0.05, 0.1) is 6.04 Å². The van der Waals surface area contributed by atoms with Gasteiger partial charge in [-0.2, -0.15) is 0 Å². The van der Waals surface area contributed by atoms with Crippen LogP contribution in [0.5, 0.6) is 0 Å². The second-order valence-electron chi connectivity index (χ2n) is 7.54. The van der Waals surface area contributed by atoms with E-state index in [0.717, 1.165) is 32.4 Å². The minimum absolute atomic E-state index is 0.130. The number of carbonyl (C=O) groups excluding carboxylic acids is 1. The Morgan fingerprint density at radius 1 is 1.00 bits per heavy atom. The lowest BCUT2D eigenvalue weighted by Gasteiger charge is -2.25. The first-order valence-electron chi connectivity index (χ1n) is 9.81. The number of likely N-dealkylation sites (tertiary alicyclic amines) is 1. The number of benzene rings is 1. The fraction of sp³-hybridized carbons (Fsp3) is 0.455. The average molecular weight is 349 g/mol. The van der Waals surface area contributed by atoms with E-state index in [4.69, 9.17) is 0 Å². The van der Waals surface area contributed by atoms with Gasteiger partial charge in [-0.05, 0) is 42.5 Å². The van der Waals surface area contributed by atoms with Gasteiger partial charge in [-0.25, -0.2) is 0 Å². The summed E-state index contributed by atoms with van der Waals surface area (Å²) in [5.74, 6) is 0.658. The highest BCUT2D eigenvalue weighted by Gasteiger charge is 2.33. The van der Waals surface area contributed by atoms with Crippen LogP contribution in [0.25, 0.3) is 0 Å². The number of nitrogens with zero attached hydrogens (tertiary/aromatic N) is 2. The highest BCUT2D eigenvalue weighted by molar-refractivity contribution is 5.79. The first kappa shape index (κ1) is 17.2. The minimum atomic E-state index is 0.130. The monoisotopic (exact) mass is 349 g/mol. The van der Waals surface area contributed by atoms with Gasteiger partial charge in [-0.15, -0.1) is 0 Å². The fourth-order valence-corrected chi connectivity index (χ4v) is 4.35. The Hall–Kier alpha value is -2.20. The second-order valence-corrected chi connectivity index (χ2v) is 7.54. The minimum Gasteiger partial charge on any atom is -0.341 e. The van der Waals surface area contributed by atoms with Crippen LogP contribution in [0.15, 0.2) is 54.9 Å². The van der Waals surface area contributed by atoms with Crippen molar-refractivity contribution >= 4 is 5.91 Å². The molecule has 1 amide bonds. The lowest BCUT2D eigenvalue weighted by molar-refractivity contribution is -0.134. The topological polar surface area (TPSA) is 45.2 Å². The number of hydrogen-bond donors (Lipinski definition) is 1. The summed E-state index contributed by atoms with van der Waals surface area (Å²) in [7, 11) is 0. The molecule has 4 rings (SSSR count). The summed E-state index contributed by atoms with van der Waals surface area (Å²) in [5.41, 5.74) is 2.46. The molecule has 0 bridgehead atoms. The molecule has 136 valence electrons. The van der Waals surface area contributed by atoms with Crippen LogP contribution in [0.4, 0.5) is 0 Å². The fourth-order valence-electron chi connectivity index (χ4n) is 4.35. The molecule has 2 fully saturated rings. The molecule has 0 radical (unpaired) electrons. The summed E-state index contributed by atoms with van der Waals surface area (Å²) in [4.78, 5) is 18.9. The second kappa shape index (κ2) is 8.00. The molecule has 1 aliphatic heterocycles. The summed E-state index contributed by atoms with van der Waals surface area (Å²) in [6.45, 7) is 1.70. The maximum Gasteiger partial charge on any atom is 0.225 e. The number of amides is 1. The molecule has 1 aromatic carbocycles. The van der Waals surface area contributed by atoms with E-state index in [-0.39, 0.29) is 12.0 Å². The van der Waals surface area contributed by atoms with Crippen molar-refractivity contribution in [2.45, 2.75) is 44.2 Å². The maximum absolute atomic E-state index is 12.7. The van der Waals surface area contributed by atoms with Crippen LogP contribution in [0.1, 0.15) is 49.3 Å². The Morgan fingerprint density at radius 2 is 1.69 bits per heavy atom. The smallest absolute Gasteiger partial charge is 0.225 e. The third-order valence-corrected chi connectivity index (χ3v) is 5.78. The highest BCUT2D eigenvalue weighted by Crippen LogP contribution is 2.29. The number of rotatable bonds is 5. The largest absolute Gasteiger partial charge is 0.341 e. The third-order valence-electron chi connectivity index (χ3n) is 5.78. The van der Waals surface area contributed by atoms with Crippen molar-refractivity contribution in [1.29, 1.82) is 0 Å². The van der Waals surface area contributed by atoms with Gasteiger partial charge in [0.15, 0.2) is 0 Å². The van der Waals surface area contributed by atoms with E-state index in [9.17, 15) is 4.79 Å². The Morgan fingerprint density at radius 3 is 2.42 bits per heavy atom. The van der Waals surface area contributed by atoms with Gasteiger partial charge in [0.2, 0.25) is 5.91 Å². The van der Waals surface area contributed by atoms with Gasteiger partial charge < -0.3 is 10.2 Å². The number of carbonyl (C=O) groups is 1. The maximum atomic E-state index is 12.7. The normalized spacial score (nSPS) is 21.8. The van der Waals surface area contributed by atoms with Crippen LogP contribution >= 0.6 is 0 Å². The molecule has 4 nitrogen and oxygen atoms in total. The lowest BCUT2D eigenvalue weighted by Crippen LogP contribution is -2.39. The highest BCUT2D eigenvalue weighted by atomic mass is 16.2. The Labute approximate surface area is 155 Å². The van der Waals surface area contributed by atoms with Crippen LogP contribution in [-0.2, 0) is 4.79 Å². The van der Waals surface area contributed by atoms with Crippen molar-refractivity contribution in [2.75, 3.05) is 13.1 Å². The van der Waals surface area contributed by atoms with E-state index in [0.29, 0.717) is 11.9 Å². The quantitative estimate of drug-likeness (QED) is 0.898. The van der Waals surface area contributed by atoms with E-state index >= 15 is 0 Å². The number of pyridine rings is 1. The molecule has 4 heteroatoms. The molecule has 2 aliphatic rings. The van der Waals surface area contributed by atoms with Gasteiger partial charge in [0, 0.05) is 37.4 Å². The zero-order chi connectivity index (χ0) is 17.8. The molecule has 2 unspecified atom stereocenters. The van der Waals surface area contributed by atoms with Gasteiger partial charge in [0.1, 0.15) is 0 Å². The van der Waals surface area contributed by atoms with Gasteiger partial charge in [0.25, 0.3) is 0 Å². The predicted octanol–water partition coefficient (Wildman–Crippen LogP) is 3.55. The SMILES string of the molecule is O=C(C1CCCC1)N1CCC(NC(c2ccccc2)c2ccncc2)C1. The van der Waals surface area contributed by atoms with Crippen LogP contribution in [0.2, 0.25) is 0 Å². The van der Waals surface area contributed by atoms with Gasteiger partial charge in [-0.1, -0.05) is 43.2 Å². The molecule has 1 saturated carbocycles. The van der Waals surface area contributed by atoms with Gasteiger partial charge in [-0.3, -0.25) is 9.78 Å². The lowest BCUT2D eigenvalue weighted by atomic mass is 9.98. The van der Waals surface area contributed by atoms with E-state index in [1.165, 1.54) is 24.0 Å². The summed E-state index contributed by atoms with van der Waals surface area (Å²) < 4.78 is 0.